The molecule has 0 spiro atoms. The van der Waals surface area contributed by atoms with E-state index >= 15 is 0 Å². The van der Waals surface area contributed by atoms with Crippen molar-refractivity contribution in [2.24, 2.45) is 0 Å². The smallest absolute Gasteiger partial charge is 0.422 e. The van der Waals surface area contributed by atoms with E-state index in [-0.39, 0.29) is 5.56 Å². The van der Waals surface area contributed by atoms with Crippen LogP contribution < -0.4 is 4.74 Å². The number of nitrogens with zero attached hydrogens (tertiary/aromatic N) is 1. The van der Waals surface area contributed by atoms with Crippen LogP contribution in [-0.4, -0.2) is 28.8 Å². The van der Waals surface area contributed by atoms with Crippen molar-refractivity contribution in [1.29, 1.82) is 0 Å². The highest BCUT2D eigenvalue weighted by atomic mass is 19.4. The SMILES string of the molecule is O=C(O)c1ccncc1OCC(F)(F)F. The number of aromatic nitrogens is 1. The molecular formula is C8H6F3NO3. The Morgan fingerprint density at radius 1 is 1.53 bits per heavy atom. The van der Waals surface area contributed by atoms with Gasteiger partial charge in [0, 0.05) is 6.20 Å². The van der Waals surface area contributed by atoms with Crippen molar-refractivity contribution in [3.8, 4) is 5.75 Å². The van der Waals surface area contributed by atoms with Crippen LogP contribution >= 0.6 is 0 Å². The number of carboxylic acid groups (broad SMARTS) is 1. The second-order valence-electron chi connectivity index (χ2n) is 2.58. The molecule has 0 amide bonds. The summed E-state index contributed by atoms with van der Waals surface area (Å²) in [6.45, 7) is -1.54. The molecule has 0 aliphatic heterocycles. The van der Waals surface area contributed by atoms with E-state index in [1.807, 2.05) is 0 Å². The maximum absolute atomic E-state index is 11.8. The van der Waals surface area contributed by atoms with Gasteiger partial charge in [0.2, 0.25) is 0 Å². The number of hydrogen-bond acceptors (Lipinski definition) is 3. The van der Waals surface area contributed by atoms with Crippen molar-refractivity contribution in [3.63, 3.8) is 0 Å². The van der Waals surface area contributed by atoms with E-state index in [2.05, 4.69) is 9.72 Å². The molecule has 1 aromatic rings. The van der Waals surface area contributed by atoms with E-state index in [9.17, 15) is 18.0 Å². The van der Waals surface area contributed by atoms with Gasteiger partial charge in [-0.3, -0.25) is 4.98 Å². The van der Waals surface area contributed by atoms with E-state index in [0.717, 1.165) is 18.5 Å². The lowest BCUT2D eigenvalue weighted by Crippen LogP contribution is -2.20. The van der Waals surface area contributed by atoms with Crippen LogP contribution in [0.2, 0.25) is 0 Å². The largest absolute Gasteiger partial charge is 0.482 e. The molecule has 0 aliphatic rings. The minimum atomic E-state index is -4.51. The normalized spacial score (nSPS) is 11.1. The average Bonchev–Trinajstić information content (AvgIpc) is 2.14. The molecule has 0 saturated heterocycles. The van der Waals surface area contributed by atoms with Gasteiger partial charge in [-0.2, -0.15) is 13.2 Å². The number of pyridine rings is 1. The molecule has 82 valence electrons. The third-order valence-corrected chi connectivity index (χ3v) is 1.41. The van der Waals surface area contributed by atoms with Crippen molar-refractivity contribution in [2.75, 3.05) is 6.61 Å². The quantitative estimate of drug-likeness (QED) is 0.844. The first-order valence-corrected chi connectivity index (χ1v) is 3.77. The summed E-state index contributed by atoms with van der Waals surface area (Å²) in [4.78, 5) is 14.0. The Bertz CT molecular complexity index is 364. The molecule has 1 heterocycles. The molecule has 1 aromatic heterocycles. The van der Waals surface area contributed by atoms with Gasteiger partial charge in [-0.15, -0.1) is 0 Å². The fraction of sp³-hybridized carbons (Fsp3) is 0.250. The summed E-state index contributed by atoms with van der Waals surface area (Å²) in [5.74, 6) is -1.77. The molecule has 0 aromatic carbocycles. The summed E-state index contributed by atoms with van der Waals surface area (Å²) in [6, 6.07) is 1.06. The number of halogens is 3. The molecule has 15 heavy (non-hydrogen) atoms. The van der Waals surface area contributed by atoms with E-state index in [0.29, 0.717) is 0 Å². The summed E-state index contributed by atoms with van der Waals surface area (Å²) in [7, 11) is 0. The Labute approximate surface area is 82.3 Å². The molecular weight excluding hydrogens is 215 g/mol. The minimum absolute atomic E-state index is 0.353. The Morgan fingerprint density at radius 3 is 2.73 bits per heavy atom. The van der Waals surface area contributed by atoms with Crippen molar-refractivity contribution >= 4 is 5.97 Å². The second kappa shape index (κ2) is 4.16. The lowest BCUT2D eigenvalue weighted by molar-refractivity contribution is -0.153. The summed E-state index contributed by atoms with van der Waals surface area (Å²) >= 11 is 0. The van der Waals surface area contributed by atoms with Crippen LogP contribution in [0.4, 0.5) is 13.2 Å². The molecule has 0 fully saturated rings. The Balaban J connectivity index is 2.81. The molecule has 0 saturated carbocycles. The monoisotopic (exact) mass is 221 g/mol. The van der Waals surface area contributed by atoms with Crippen LogP contribution in [0.25, 0.3) is 0 Å². The van der Waals surface area contributed by atoms with E-state index in [1.54, 1.807) is 0 Å². The predicted molar refractivity (Wildman–Crippen MR) is 42.7 cm³/mol. The summed E-state index contributed by atoms with van der Waals surface area (Å²) in [5, 5.41) is 8.61. The third-order valence-electron chi connectivity index (χ3n) is 1.41. The van der Waals surface area contributed by atoms with Crippen LogP contribution in [0.15, 0.2) is 18.5 Å². The Kier molecular flexibility index (Phi) is 3.13. The zero-order valence-corrected chi connectivity index (χ0v) is 7.28. The molecule has 4 nitrogen and oxygen atoms in total. The zero-order chi connectivity index (χ0) is 11.5. The zero-order valence-electron chi connectivity index (χ0n) is 7.28. The van der Waals surface area contributed by atoms with Gasteiger partial charge in [0.05, 0.1) is 6.20 Å². The maximum atomic E-state index is 11.8. The highest BCUT2D eigenvalue weighted by Gasteiger charge is 2.29. The number of aromatic carboxylic acids is 1. The van der Waals surface area contributed by atoms with Gasteiger partial charge in [0.15, 0.2) is 12.4 Å². The topological polar surface area (TPSA) is 59.4 Å². The fourth-order valence-corrected chi connectivity index (χ4v) is 0.831. The standard InChI is InChI=1S/C8H6F3NO3/c9-8(10,11)4-15-6-3-12-2-1-5(6)7(13)14/h1-3H,4H2,(H,13,14). The minimum Gasteiger partial charge on any atom is -0.482 e. The van der Waals surface area contributed by atoms with Crippen molar-refractivity contribution in [3.05, 3.63) is 24.0 Å². The van der Waals surface area contributed by atoms with Crippen LogP contribution in [0.1, 0.15) is 10.4 Å². The van der Waals surface area contributed by atoms with Gasteiger partial charge in [-0.1, -0.05) is 0 Å². The molecule has 0 bridgehead atoms. The molecule has 0 radical (unpaired) electrons. The van der Waals surface area contributed by atoms with E-state index < -0.39 is 24.5 Å². The summed E-state index contributed by atoms with van der Waals surface area (Å²) in [5.41, 5.74) is -0.353. The maximum Gasteiger partial charge on any atom is 0.422 e. The van der Waals surface area contributed by atoms with Gasteiger partial charge in [0.25, 0.3) is 0 Å². The molecule has 1 rings (SSSR count). The number of alkyl halides is 3. The molecule has 0 atom stereocenters. The van der Waals surface area contributed by atoms with Crippen molar-refractivity contribution in [1.82, 2.24) is 4.98 Å². The van der Waals surface area contributed by atoms with Crippen LogP contribution in [0, 0.1) is 0 Å². The number of hydrogen-bond donors (Lipinski definition) is 1. The van der Waals surface area contributed by atoms with Crippen LogP contribution in [0.5, 0.6) is 5.75 Å². The molecule has 0 unspecified atom stereocenters. The molecule has 0 aliphatic carbocycles. The van der Waals surface area contributed by atoms with Gasteiger partial charge < -0.3 is 9.84 Å². The average molecular weight is 221 g/mol. The van der Waals surface area contributed by atoms with E-state index in [1.165, 1.54) is 0 Å². The predicted octanol–water partition coefficient (Wildman–Crippen LogP) is 1.72. The lowest BCUT2D eigenvalue weighted by Gasteiger charge is -2.10. The van der Waals surface area contributed by atoms with Gasteiger partial charge >= 0.3 is 12.1 Å². The Morgan fingerprint density at radius 2 is 2.20 bits per heavy atom. The number of rotatable bonds is 3. The van der Waals surface area contributed by atoms with E-state index in [4.69, 9.17) is 5.11 Å². The first kappa shape index (κ1) is 11.3. The summed E-state index contributed by atoms with van der Waals surface area (Å²) < 4.78 is 39.6. The van der Waals surface area contributed by atoms with Gasteiger partial charge in [-0.25, -0.2) is 4.79 Å². The first-order chi connectivity index (χ1) is 6.90. The number of carboxylic acids is 1. The lowest BCUT2D eigenvalue weighted by atomic mass is 10.2. The third kappa shape index (κ3) is 3.45. The molecule has 1 N–H and O–H groups in total. The second-order valence-corrected chi connectivity index (χ2v) is 2.58. The number of carbonyl (C=O) groups is 1. The highest BCUT2D eigenvalue weighted by Crippen LogP contribution is 2.20. The van der Waals surface area contributed by atoms with Crippen molar-refractivity contribution in [2.45, 2.75) is 6.18 Å². The van der Waals surface area contributed by atoms with Crippen molar-refractivity contribution < 1.29 is 27.8 Å². The van der Waals surface area contributed by atoms with Gasteiger partial charge in [0.1, 0.15) is 5.56 Å². The van der Waals surface area contributed by atoms with Crippen LogP contribution in [-0.2, 0) is 0 Å². The molecule has 7 heteroatoms. The fourth-order valence-electron chi connectivity index (χ4n) is 0.831. The first-order valence-electron chi connectivity index (χ1n) is 3.77. The van der Waals surface area contributed by atoms with Gasteiger partial charge in [-0.05, 0) is 6.07 Å². The van der Waals surface area contributed by atoms with Crippen LogP contribution in [0.3, 0.4) is 0 Å². The summed E-state index contributed by atoms with van der Waals surface area (Å²) in [6.07, 6.45) is -2.43. The number of ether oxygens (including phenoxy) is 1. The Hall–Kier alpha value is -1.79. The highest BCUT2D eigenvalue weighted by molar-refractivity contribution is 5.90.